The van der Waals surface area contributed by atoms with Crippen molar-refractivity contribution in [1.29, 1.82) is 0 Å². The second-order valence-electron chi connectivity index (χ2n) is 5.24. The van der Waals surface area contributed by atoms with E-state index in [-0.39, 0.29) is 5.82 Å². The third-order valence-corrected chi connectivity index (χ3v) is 3.51. The summed E-state index contributed by atoms with van der Waals surface area (Å²) in [6.45, 7) is 4.23. The summed E-state index contributed by atoms with van der Waals surface area (Å²) in [5.41, 5.74) is 1.67. The zero-order chi connectivity index (χ0) is 14.5. The monoisotopic (exact) mass is 276 g/mol. The summed E-state index contributed by atoms with van der Waals surface area (Å²) < 4.78 is 15.0. The van der Waals surface area contributed by atoms with Crippen LogP contribution in [0.2, 0.25) is 0 Å². The SMILES string of the molecule is CCC(C)n1ccc(CC(O)Cc2cccc(F)c2)n1. The maximum Gasteiger partial charge on any atom is 0.123 e. The standard InChI is InChI=1S/C16H21FN2O/c1-3-12(2)19-8-7-15(18-19)11-16(20)10-13-5-4-6-14(17)9-13/h4-9,12,16,20H,3,10-11H2,1-2H3. The van der Waals surface area contributed by atoms with Crippen LogP contribution in [0, 0.1) is 5.82 Å². The molecule has 2 unspecified atom stereocenters. The molecular weight excluding hydrogens is 255 g/mol. The molecule has 0 aliphatic carbocycles. The van der Waals surface area contributed by atoms with E-state index in [9.17, 15) is 9.50 Å². The number of rotatable bonds is 6. The number of aliphatic hydroxyl groups is 1. The largest absolute Gasteiger partial charge is 0.392 e. The number of benzene rings is 1. The second-order valence-corrected chi connectivity index (χ2v) is 5.24. The van der Waals surface area contributed by atoms with Crippen molar-refractivity contribution in [2.75, 3.05) is 0 Å². The van der Waals surface area contributed by atoms with Crippen molar-refractivity contribution in [3.63, 3.8) is 0 Å². The molecule has 0 radical (unpaired) electrons. The number of halogens is 1. The van der Waals surface area contributed by atoms with Crippen molar-refractivity contribution in [2.45, 2.75) is 45.3 Å². The summed E-state index contributed by atoms with van der Waals surface area (Å²) >= 11 is 0. The topological polar surface area (TPSA) is 38.0 Å². The lowest BCUT2D eigenvalue weighted by molar-refractivity contribution is 0.173. The number of nitrogens with zero attached hydrogens (tertiary/aromatic N) is 2. The van der Waals surface area contributed by atoms with Gasteiger partial charge in [0.05, 0.1) is 11.8 Å². The highest BCUT2D eigenvalue weighted by Gasteiger charge is 2.11. The highest BCUT2D eigenvalue weighted by Crippen LogP contribution is 2.12. The van der Waals surface area contributed by atoms with Gasteiger partial charge in [-0.3, -0.25) is 4.68 Å². The first-order chi connectivity index (χ1) is 9.58. The van der Waals surface area contributed by atoms with Crippen LogP contribution in [0.25, 0.3) is 0 Å². The Morgan fingerprint density at radius 1 is 1.30 bits per heavy atom. The van der Waals surface area contributed by atoms with Gasteiger partial charge in [0.25, 0.3) is 0 Å². The summed E-state index contributed by atoms with van der Waals surface area (Å²) in [5, 5.41) is 14.5. The quantitative estimate of drug-likeness (QED) is 0.880. The van der Waals surface area contributed by atoms with E-state index in [1.807, 2.05) is 23.0 Å². The number of aromatic nitrogens is 2. The fraction of sp³-hybridized carbons (Fsp3) is 0.438. The molecule has 0 saturated carbocycles. The molecule has 0 spiro atoms. The Kier molecular flexibility index (Phi) is 4.90. The van der Waals surface area contributed by atoms with Crippen LogP contribution in [-0.2, 0) is 12.8 Å². The van der Waals surface area contributed by atoms with E-state index in [2.05, 4.69) is 18.9 Å². The van der Waals surface area contributed by atoms with E-state index in [1.54, 1.807) is 6.07 Å². The fourth-order valence-electron chi connectivity index (χ4n) is 2.17. The second kappa shape index (κ2) is 6.66. The van der Waals surface area contributed by atoms with Crippen LogP contribution in [0.3, 0.4) is 0 Å². The molecule has 1 N–H and O–H groups in total. The van der Waals surface area contributed by atoms with E-state index in [0.29, 0.717) is 18.9 Å². The third kappa shape index (κ3) is 3.90. The summed E-state index contributed by atoms with van der Waals surface area (Å²) in [6, 6.07) is 8.65. The first-order valence-corrected chi connectivity index (χ1v) is 7.05. The molecule has 20 heavy (non-hydrogen) atoms. The average molecular weight is 276 g/mol. The molecule has 2 rings (SSSR count). The maximum atomic E-state index is 13.1. The van der Waals surface area contributed by atoms with Gasteiger partial charge >= 0.3 is 0 Å². The van der Waals surface area contributed by atoms with Crippen molar-refractivity contribution in [2.24, 2.45) is 0 Å². The molecule has 1 heterocycles. The van der Waals surface area contributed by atoms with E-state index < -0.39 is 6.10 Å². The molecule has 0 saturated heterocycles. The molecule has 108 valence electrons. The third-order valence-electron chi connectivity index (χ3n) is 3.51. The number of hydrogen-bond donors (Lipinski definition) is 1. The molecule has 0 bridgehead atoms. The van der Waals surface area contributed by atoms with Crippen LogP contribution in [0.4, 0.5) is 4.39 Å². The van der Waals surface area contributed by atoms with Gasteiger partial charge in [-0.15, -0.1) is 0 Å². The fourth-order valence-corrected chi connectivity index (χ4v) is 2.17. The minimum atomic E-state index is -0.544. The van der Waals surface area contributed by atoms with Gasteiger partial charge in [0.1, 0.15) is 5.82 Å². The minimum Gasteiger partial charge on any atom is -0.392 e. The Morgan fingerprint density at radius 3 is 2.80 bits per heavy atom. The summed E-state index contributed by atoms with van der Waals surface area (Å²) in [6.07, 6.45) is 3.34. The number of hydrogen-bond acceptors (Lipinski definition) is 2. The van der Waals surface area contributed by atoms with Crippen LogP contribution in [0.1, 0.15) is 37.6 Å². The highest BCUT2D eigenvalue weighted by molar-refractivity contribution is 5.17. The smallest absolute Gasteiger partial charge is 0.123 e. The predicted octanol–water partition coefficient (Wildman–Crippen LogP) is 3.14. The summed E-state index contributed by atoms with van der Waals surface area (Å²) in [7, 11) is 0. The summed E-state index contributed by atoms with van der Waals surface area (Å²) in [4.78, 5) is 0. The van der Waals surface area contributed by atoms with Gasteiger partial charge in [0.15, 0.2) is 0 Å². The lowest BCUT2D eigenvalue weighted by atomic mass is 10.0. The van der Waals surface area contributed by atoms with Crippen LogP contribution in [0.5, 0.6) is 0 Å². The molecule has 0 aliphatic heterocycles. The lowest BCUT2D eigenvalue weighted by Crippen LogP contribution is -2.15. The van der Waals surface area contributed by atoms with Crippen molar-refractivity contribution in [3.8, 4) is 0 Å². The zero-order valence-corrected chi connectivity index (χ0v) is 12.0. The zero-order valence-electron chi connectivity index (χ0n) is 12.0. The van der Waals surface area contributed by atoms with Crippen LogP contribution in [0.15, 0.2) is 36.5 Å². The lowest BCUT2D eigenvalue weighted by Gasteiger charge is -2.10. The maximum absolute atomic E-state index is 13.1. The van der Waals surface area contributed by atoms with Gasteiger partial charge in [0.2, 0.25) is 0 Å². The molecule has 1 aromatic carbocycles. The van der Waals surface area contributed by atoms with E-state index in [4.69, 9.17) is 0 Å². The van der Waals surface area contributed by atoms with Crippen molar-refractivity contribution in [1.82, 2.24) is 9.78 Å². The van der Waals surface area contributed by atoms with E-state index in [0.717, 1.165) is 17.7 Å². The Hall–Kier alpha value is -1.68. The molecule has 2 atom stereocenters. The van der Waals surface area contributed by atoms with Gasteiger partial charge in [-0.05, 0) is 43.5 Å². The normalized spacial score (nSPS) is 14.2. The van der Waals surface area contributed by atoms with Gasteiger partial charge in [-0.25, -0.2) is 4.39 Å². The number of aliphatic hydroxyl groups excluding tert-OH is 1. The van der Waals surface area contributed by atoms with Gasteiger partial charge < -0.3 is 5.11 Å². The van der Waals surface area contributed by atoms with Gasteiger partial charge in [-0.1, -0.05) is 19.1 Å². The van der Waals surface area contributed by atoms with Crippen molar-refractivity contribution < 1.29 is 9.50 Å². The van der Waals surface area contributed by atoms with Crippen LogP contribution >= 0.6 is 0 Å². The Morgan fingerprint density at radius 2 is 2.10 bits per heavy atom. The van der Waals surface area contributed by atoms with Crippen LogP contribution in [-0.4, -0.2) is 21.0 Å². The molecule has 1 aromatic heterocycles. The highest BCUT2D eigenvalue weighted by atomic mass is 19.1. The van der Waals surface area contributed by atoms with E-state index >= 15 is 0 Å². The molecule has 0 amide bonds. The molecule has 2 aromatic rings. The molecule has 3 nitrogen and oxygen atoms in total. The van der Waals surface area contributed by atoms with E-state index in [1.165, 1.54) is 12.1 Å². The Balaban J connectivity index is 1.94. The molecular formula is C16H21FN2O. The first kappa shape index (κ1) is 14.7. The molecule has 4 heteroatoms. The van der Waals surface area contributed by atoms with Gasteiger partial charge in [0, 0.05) is 18.7 Å². The van der Waals surface area contributed by atoms with Crippen molar-refractivity contribution in [3.05, 3.63) is 53.6 Å². The Bertz CT molecular complexity index is 553. The average Bonchev–Trinajstić information content (AvgIpc) is 2.86. The first-order valence-electron chi connectivity index (χ1n) is 7.05. The summed E-state index contributed by atoms with van der Waals surface area (Å²) in [5.74, 6) is -0.268. The minimum absolute atomic E-state index is 0.268. The Labute approximate surface area is 119 Å². The molecule has 0 fully saturated rings. The predicted molar refractivity (Wildman–Crippen MR) is 77.0 cm³/mol. The molecule has 0 aliphatic rings. The van der Waals surface area contributed by atoms with Crippen molar-refractivity contribution >= 4 is 0 Å². The van der Waals surface area contributed by atoms with Gasteiger partial charge in [-0.2, -0.15) is 5.10 Å². The van der Waals surface area contributed by atoms with Crippen LogP contribution < -0.4 is 0 Å².